The molecule has 5 nitrogen and oxygen atoms in total. The number of nitrogens with one attached hydrogen (secondary N) is 1. The minimum Gasteiger partial charge on any atom is -0.342 e. The van der Waals surface area contributed by atoms with Gasteiger partial charge in [0.1, 0.15) is 0 Å². The van der Waals surface area contributed by atoms with Gasteiger partial charge in [-0.25, -0.2) is 13.1 Å². The van der Waals surface area contributed by atoms with Gasteiger partial charge in [-0.2, -0.15) is 0 Å². The fourth-order valence-electron chi connectivity index (χ4n) is 2.66. The average molecular weight is 375 g/mol. The van der Waals surface area contributed by atoms with Crippen molar-refractivity contribution in [3.05, 3.63) is 65.7 Å². The molecule has 0 atom stereocenters. The Morgan fingerprint density at radius 1 is 1.00 bits per heavy atom. The number of hydrogen-bond donors (Lipinski definition) is 1. The SMILES string of the molecule is CC(=O)N(CCCc1ccccc1)CCNS(=O)(=O)c1ccc(C)cc1. The largest absolute Gasteiger partial charge is 0.342 e. The van der Waals surface area contributed by atoms with E-state index >= 15 is 0 Å². The van der Waals surface area contributed by atoms with Crippen LogP contribution in [0.25, 0.3) is 0 Å². The van der Waals surface area contributed by atoms with Gasteiger partial charge < -0.3 is 4.90 Å². The van der Waals surface area contributed by atoms with Crippen LogP contribution in [-0.4, -0.2) is 38.9 Å². The Hall–Kier alpha value is -2.18. The standard InChI is InChI=1S/C20H26N2O3S/c1-17-10-12-20(13-11-17)26(24,25)21-14-16-22(18(2)23)15-6-9-19-7-4-3-5-8-19/h3-5,7-8,10-13,21H,6,9,14-16H2,1-2H3. The summed E-state index contributed by atoms with van der Waals surface area (Å²) >= 11 is 0. The Balaban J connectivity index is 1.82. The van der Waals surface area contributed by atoms with Gasteiger partial charge in [0.15, 0.2) is 0 Å². The molecule has 0 aliphatic heterocycles. The Morgan fingerprint density at radius 2 is 1.65 bits per heavy atom. The van der Waals surface area contributed by atoms with Crippen molar-refractivity contribution in [2.45, 2.75) is 31.6 Å². The summed E-state index contributed by atoms with van der Waals surface area (Å²) in [6.07, 6.45) is 1.73. The zero-order chi connectivity index (χ0) is 19.0. The summed E-state index contributed by atoms with van der Waals surface area (Å²) in [5, 5.41) is 0. The van der Waals surface area contributed by atoms with Crippen LogP contribution in [0, 0.1) is 6.92 Å². The molecule has 6 heteroatoms. The van der Waals surface area contributed by atoms with E-state index in [1.807, 2.05) is 25.1 Å². The number of nitrogens with zero attached hydrogens (tertiary/aromatic N) is 1. The molecule has 0 spiro atoms. The van der Waals surface area contributed by atoms with Crippen LogP contribution in [0.4, 0.5) is 0 Å². The number of amides is 1. The fraction of sp³-hybridized carbons (Fsp3) is 0.350. The van der Waals surface area contributed by atoms with Gasteiger partial charge in [-0.15, -0.1) is 0 Å². The summed E-state index contributed by atoms with van der Waals surface area (Å²) in [5.41, 5.74) is 2.24. The highest BCUT2D eigenvalue weighted by Gasteiger charge is 2.15. The first kappa shape index (κ1) is 20.1. The van der Waals surface area contributed by atoms with Crippen molar-refractivity contribution in [3.8, 4) is 0 Å². The summed E-state index contributed by atoms with van der Waals surface area (Å²) in [7, 11) is -3.55. The molecule has 1 N–H and O–H groups in total. The molecular weight excluding hydrogens is 348 g/mol. The lowest BCUT2D eigenvalue weighted by Crippen LogP contribution is -2.38. The molecule has 0 saturated carbocycles. The van der Waals surface area contributed by atoms with Gasteiger partial charge >= 0.3 is 0 Å². The van der Waals surface area contributed by atoms with Gasteiger partial charge in [-0.1, -0.05) is 48.0 Å². The third kappa shape index (κ3) is 6.28. The zero-order valence-electron chi connectivity index (χ0n) is 15.3. The predicted octanol–water partition coefficient (Wildman–Crippen LogP) is 2.75. The molecule has 0 heterocycles. The van der Waals surface area contributed by atoms with Crippen LogP contribution in [-0.2, 0) is 21.2 Å². The Bertz CT molecular complexity index is 803. The summed E-state index contributed by atoms with van der Waals surface area (Å²) in [4.78, 5) is 13.7. The average Bonchev–Trinajstić information content (AvgIpc) is 2.61. The van der Waals surface area contributed by atoms with Gasteiger partial charge in [0, 0.05) is 26.6 Å². The van der Waals surface area contributed by atoms with E-state index in [2.05, 4.69) is 16.9 Å². The van der Waals surface area contributed by atoms with E-state index in [9.17, 15) is 13.2 Å². The topological polar surface area (TPSA) is 66.5 Å². The maximum Gasteiger partial charge on any atom is 0.240 e. The summed E-state index contributed by atoms with van der Waals surface area (Å²) < 4.78 is 27.1. The Kier molecular flexibility index (Phi) is 7.36. The first-order chi connectivity index (χ1) is 12.4. The van der Waals surface area contributed by atoms with Crippen molar-refractivity contribution >= 4 is 15.9 Å². The molecular formula is C20H26N2O3S. The van der Waals surface area contributed by atoms with E-state index in [-0.39, 0.29) is 17.3 Å². The third-order valence-electron chi connectivity index (χ3n) is 4.19. The van der Waals surface area contributed by atoms with Crippen LogP contribution in [0.2, 0.25) is 0 Å². The van der Waals surface area contributed by atoms with Crippen LogP contribution in [0.5, 0.6) is 0 Å². The quantitative estimate of drug-likeness (QED) is 0.734. The van der Waals surface area contributed by atoms with Crippen LogP contribution >= 0.6 is 0 Å². The molecule has 0 fully saturated rings. The molecule has 0 bridgehead atoms. The fourth-order valence-corrected chi connectivity index (χ4v) is 3.68. The molecule has 2 rings (SSSR count). The van der Waals surface area contributed by atoms with Crippen molar-refractivity contribution in [2.24, 2.45) is 0 Å². The van der Waals surface area contributed by atoms with Crippen molar-refractivity contribution in [2.75, 3.05) is 19.6 Å². The van der Waals surface area contributed by atoms with Crippen LogP contribution in [0.1, 0.15) is 24.5 Å². The van der Waals surface area contributed by atoms with Gasteiger partial charge in [-0.3, -0.25) is 4.79 Å². The summed E-state index contributed by atoms with van der Waals surface area (Å²) in [6.45, 7) is 4.58. The van der Waals surface area contributed by atoms with E-state index < -0.39 is 10.0 Å². The number of carbonyl (C=O) groups is 1. The molecule has 2 aromatic rings. The molecule has 0 aromatic heterocycles. The highest BCUT2D eigenvalue weighted by molar-refractivity contribution is 7.89. The Labute approximate surface area is 156 Å². The molecule has 0 radical (unpaired) electrons. The molecule has 0 aliphatic carbocycles. The minimum absolute atomic E-state index is 0.0485. The van der Waals surface area contributed by atoms with Crippen LogP contribution in [0.3, 0.4) is 0 Å². The second kappa shape index (κ2) is 9.50. The Morgan fingerprint density at radius 3 is 2.27 bits per heavy atom. The first-order valence-electron chi connectivity index (χ1n) is 8.74. The van der Waals surface area contributed by atoms with Crippen molar-refractivity contribution in [3.63, 3.8) is 0 Å². The predicted molar refractivity (Wildman–Crippen MR) is 103 cm³/mol. The maximum absolute atomic E-state index is 12.3. The number of benzene rings is 2. The van der Waals surface area contributed by atoms with E-state index in [1.165, 1.54) is 12.5 Å². The maximum atomic E-state index is 12.3. The van der Waals surface area contributed by atoms with Crippen LogP contribution in [0.15, 0.2) is 59.5 Å². The van der Waals surface area contributed by atoms with Crippen molar-refractivity contribution in [1.82, 2.24) is 9.62 Å². The van der Waals surface area contributed by atoms with E-state index in [0.717, 1.165) is 18.4 Å². The molecule has 0 saturated heterocycles. The zero-order valence-corrected chi connectivity index (χ0v) is 16.1. The third-order valence-corrected chi connectivity index (χ3v) is 5.66. The van der Waals surface area contributed by atoms with Crippen LogP contribution < -0.4 is 4.72 Å². The monoisotopic (exact) mass is 374 g/mol. The lowest BCUT2D eigenvalue weighted by molar-refractivity contribution is -0.128. The number of sulfonamides is 1. The van der Waals surface area contributed by atoms with Gasteiger partial charge in [0.05, 0.1) is 4.90 Å². The second-order valence-electron chi connectivity index (χ2n) is 6.31. The molecule has 0 unspecified atom stereocenters. The molecule has 1 amide bonds. The first-order valence-corrected chi connectivity index (χ1v) is 10.2. The summed E-state index contributed by atoms with van der Waals surface area (Å²) in [6, 6.07) is 16.8. The lowest BCUT2D eigenvalue weighted by Gasteiger charge is -2.21. The van der Waals surface area contributed by atoms with E-state index in [1.54, 1.807) is 29.2 Å². The highest BCUT2D eigenvalue weighted by atomic mass is 32.2. The minimum atomic E-state index is -3.55. The smallest absolute Gasteiger partial charge is 0.240 e. The highest BCUT2D eigenvalue weighted by Crippen LogP contribution is 2.09. The van der Waals surface area contributed by atoms with Gasteiger partial charge in [0.25, 0.3) is 0 Å². The van der Waals surface area contributed by atoms with E-state index in [0.29, 0.717) is 13.1 Å². The number of carbonyl (C=O) groups excluding carboxylic acids is 1. The van der Waals surface area contributed by atoms with Gasteiger partial charge in [0.2, 0.25) is 15.9 Å². The number of rotatable bonds is 9. The summed E-state index contributed by atoms with van der Waals surface area (Å²) in [5.74, 6) is -0.0485. The molecule has 26 heavy (non-hydrogen) atoms. The van der Waals surface area contributed by atoms with Gasteiger partial charge in [-0.05, 0) is 37.5 Å². The molecule has 2 aromatic carbocycles. The second-order valence-corrected chi connectivity index (χ2v) is 8.07. The number of hydrogen-bond acceptors (Lipinski definition) is 3. The van der Waals surface area contributed by atoms with Crippen molar-refractivity contribution < 1.29 is 13.2 Å². The number of aryl methyl sites for hydroxylation is 2. The molecule has 0 aliphatic rings. The van der Waals surface area contributed by atoms with E-state index in [4.69, 9.17) is 0 Å². The lowest BCUT2D eigenvalue weighted by atomic mass is 10.1. The molecule has 140 valence electrons. The van der Waals surface area contributed by atoms with Crippen molar-refractivity contribution in [1.29, 1.82) is 0 Å². The normalized spacial score (nSPS) is 11.3.